The molecule has 2 nitrogen and oxygen atoms in total. The van der Waals surface area contributed by atoms with Crippen LogP contribution in [0, 0.1) is 11.3 Å². The molecule has 0 aromatic heterocycles. The Hall–Kier alpha value is -1.63. The molecule has 0 fully saturated rings. The molecule has 0 bridgehead atoms. The Balaban J connectivity index is 3.29. The number of hydrogen-bond donors (Lipinski definition) is 0. The number of ether oxygens (including phenoxy) is 1. The summed E-state index contributed by atoms with van der Waals surface area (Å²) in [6.07, 6.45) is 0. The first-order valence-electron chi connectivity index (χ1n) is 4.90. The topological polar surface area (TPSA) is 33.0 Å². The van der Waals surface area contributed by atoms with Crippen LogP contribution in [-0.4, -0.2) is 7.11 Å². The smallest absolute Gasteiger partial charge is 0.360 e. The van der Waals surface area contributed by atoms with Crippen molar-refractivity contribution >= 4 is 0 Å². The first-order valence-corrected chi connectivity index (χ1v) is 4.90. The third-order valence-corrected chi connectivity index (χ3v) is 2.37. The van der Waals surface area contributed by atoms with Crippen molar-refractivity contribution in [3.05, 3.63) is 29.3 Å². The summed E-state index contributed by atoms with van der Waals surface area (Å²) in [5.74, 6) is -3.24. The van der Waals surface area contributed by atoms with Crippen LogP contribution in [0.25, 0.3) is 0 Å². The molecule has 1 aromatic rings. The van der Waals surface area contributed by atoms with Crippen LogP contribution in [0.1, 0.15) is 30.9 Å². The summed E-state index contributed by atoms with van der Waals surface area (Å²) < 4.78 is 31.3. The molecular weight excluding hydrogens is 212 g/mol. The van der Waals surface area contributed by atoms with Gasteiger partial charge in [0.1, 0.15) is 11.8 Å². The fourth-order valence-electron chi connectivity index (χ4n) is 1.39. The zero-order valence-electron chi connectivity index (χ0n) is 9.42. The standard InChI is InChI=1S/C12H13F2NO/c1-8(2)9-4-5-10(11(6-9)16-3)12(13,14)7-15/h4-6,8H,1-3H3. The average Bonchev–Trinajstić information content (AvgIpc) is 2.28. The molecule has 0 spiro atoms. The van der Waals surface area contributed by atoms with E-state index in [1.807, 2.05) is 13.8 Å². The van der Waals surface area contributed by atoms with Gasteiger partial charge in [-0.3, -0.25) is 0 Å². The van der Waals surface area contributed by atoms with E-state index in [4.69, 9.17) is 10.00 Å². The van der Waals surface area contributed by atoms with Crippen LogP contribution in [0.3, 0.4) is 0 Å². The molecule has 0 aliphatic rings. The van der Waals surface area contributed by atoms with Gasteiger partial charge in [0.05, 0.1) is 12.7 Å². The van der Waals surface area contributed by atoms with Crippen LogP contribution in [0.4, 0.5) is 8.78 Å². The lowest BCUT2D eigenvalue weighted by Gasteiger charge is -2.15. The number of nitrogens with zero attached hydrogens (tertiary/aromatic N) is 1. The molecule has 0 heterocycles. The molecular formula is C12H13F2NO. The number of halogens is 2. The van der Waals surface area contributed by atoms with E-state index in [-0.39, 0.29) is 17.2 Å². The largest absolute Gasteiger partial charge is 0.496 e. The fraction of sp³-hybridized carbons (Fsp3) is 0.417. The average molecular weight is 225 g/mol. The van der Waals surface area contributed by atoms with Gasteiger partial charge in [0, 0.05) is 0 Å². The maximum absolute atomic E-state index is 13.2. The van der Waals surface area contributed by atoms with Gasteiger partial charge in [-0.05, 0) is 23.6 Å². The molecule has 1 aromatic carbocycles. The lowest BCUT2D eigenvalue weighted by molar-refractivity contribution is 0.0583. The Kier molecular flexibility index (Phi) is 3.48. The SMILES string of the molecule is COc1cc(C(C)C)ccc1C(F)(F)C#N. The zero-order valence-corrected chi connectivity index (χ0v) is 9.42. The minimum Gasteiger partial charge on any atom is -0.496 e. The normalized spacial score (nSPS) is 11.3. The first-order chi connectivity index (χ1) is 7.42. The summed E-state index contributed by atoms with van der Waals surface area (Å²) >= 11 is 0. The predicted molar refractivity (Wildman–Crippen MR) is 56.6 cm³/mol. The minimum absolute atomic E-state index is 0.0535. The number of alkyl halides is 2. The van der Waals surface area contributed by atoms with Crippen molar-refractivity contribution < 1.29 is 13.5 Å². The molecule has 0 saturated carbocycles. The lowest BCUT2D eigenvalue weighted by Crippen LogP contribution is -2.12. The molecule has 0 unspecified atom stereocenters. The van der Waals surface area contributed by atoms with E-state index in [9.17, 15) is 8.78 Å². The van der Waals surface area contributed by atoms with Gasteiger partial charge in [0.25, 0.3) is 0 Å². The number of hydrogen-bond acceptors (Lipinski definition) is 2. The van der Waals surface area contributed by atoms with Gasteiger partial charge in [-0.2, -0.15) is 14.0 Å². The van der Waals surface area contributed by atoms with Crippen LogP contribution in [0.5, 0.6) is 5.75 Å². The summed E-state index contributed by atoms with van der Waals surface area (Å²) in [6.45, 7) is 3.91. The summed E-state index contributed by atoms with van der Waals surface area (Å²) in [6, 6.07) is 5.35. The second-order valence-corrected chi connectivity index (χ2v) is 3.80. The predicted octanol–water partition coefficient (Wildman–Crippen LogP) is 3.43. The molecule has 86 valence electrons. The molecule has 0 aliphatic carbocycles. The van der Waals surface area contributed by atoms with E-state index in [2.05, 4.69) is 0 Å². The number of methoxy groups -OCH3 is 1. The molecule has 0 atom stereocenters. The van der Waals surface area contributed by atoms with E-state index < -0.39 is 5.92 Å². The van der Waals surface area contributed by atoms with Crippen LogP contribution < -0.4 is 4.74 Å². The summed E-state index contributed by atoms with van der Waals surface area (Å²) in [5, 5.41) is 8.39. The van der Waals surface area contributed by atoms with Crippen molar-refractivity contribution in [2.24, 2.45) is 0 Å². The van der Waals surface area contributed by atoms with E-state index >= 15 is 0 Å². The molecule has 4 heteroatoms. The third kappa shape index (κ3) is 2.30. The van der Waals surface area contributed by atoms with Gasteiger partial charge in [-0.1, -0.05) is 19.9 Å². The second-order valence-electron chi connectivity index (χ2n) is 3.80. The van der Waals surface area contributed by atoms with Crippen LogP contribution in [-0.2, 0) is 5.92 Å². The van der Waals surface area contributed by atoms with Crippen molar-refractivity contribution in [2.75, 3.05) is 7.11 Å². The highest BCUT2D eigenvalue weighted by Crippen LogP contribution is 2.36. The van der Waals surface area contributed by atoms with Crippen molar-refractivity contribution in [3.8, 4) is 11.8 Å². The van der Waals surface area contributed by atoms with Gasteiger partial charge in [0.2, 0.25) is 0 Å². The Morgan fingerprint density at radius 3 is 2.44 bits per heavy atom. The van der Waals surface area contributed by atoms with Crippen LogP contribution >= 0.6 is 0 Å². The lowest BCUT2D eigenvalue weighted by atomic mass is 9.99. The van der Waals surface area contributed by atoms with Crippen molar-refractivity contribution in [3.63, 3.8) is 0 Å². The summed E-state index contributed by atoms with van der Waals surface area (Å²) in [4.78, 5) is 0. The monoisotopic (exact) mass is 225 g/mol. The van der Waals surface area contributed by atoms with E-state index in [0.717, 1.165) is 11.6 Å². The molecule has 0 amide bonds. The third-order valence-electron chi connectivity index (χ3n) is 2.37. The van der Waals surface area contributed by atoms with Gasteiger partial charge in [0.15, 0.2) is 0 Å². The molecule has 0 aliphatic heterocycles. The fourth-order valence-corrected chi connectivity index (χ4v) is 1.39. The van der Waals surface area contributed by atoms with Gasteiger partial charge in [-0.25, -0.2) is 0 Å². The van der Waals surface area contributed by atoms with Crippen LogP contribution in [0.15, 0.2) is 18.2 Å². The van der Waals surface area contributed by atoms with Crippen molar-refractivity contribution in [1.29, 1.82) is 5.26 Å². The van der Waals surface area contributed by atoms with E-state index in [1.165, 1.54) is 13.2 Å². The maximum Gasteiger partial charge on any atom is 0.360 e. The minimum atomic E-state index is -3.51. The van der Waals surface area contributed by atoms with E-state index in [0.29, 0.717) is 0 Å². The Bertz CT molecular complexity index is 422. The first kappa shape index (κ1) is 12.4. The molecule has 0 saturated heterocycles. The maximum atomic E-state index is 13.2. The Morgan fingerprint density at radius 2 is 2.00 bits per heavy atom. The number of benzene rings is 1. The zero-order chi connectivity index (χ0) is 12.3. The van der Waals surface area contributed by atoms with Gasteiger partial charge in [-0.15, -0.1) is 0 Å². The number of nitriles is 1. The molecule has 0 radical (unpaired) electrons. The van der Waals surface area contributed by atoms with Crippen molar-refractivity contribution in [1.82, 2.24) is 0 Å². The van der Waals surface area contributed by atoms with Gasteiger partial charge >= 0.3 is 5.92 Å². The highest BCUT2D eigenvalue weighted by Gasteiger charge is 2.34. The Labute approximate surface area is 93.5 Å². The quantitative estimate of drug-likeness (QED) is 0.789. The summed E-state index contributed by atoms with van der Waals surface area (Å²) in [5.41, 5.74) is 0.510. The highest BCUT2D eigenvalue weighted by molar-refractivity contribution is 5.43. The molecule has 16 heavy (non-hydrogen) atoms. The molecule has 0 N–H and O–H groups in total. The molecule has 1 rings (SSSR count). The van der Waals surface area contributed by atoms with Crippen molar-refractivity contribution in [2.45, 2.75) is 25.7 Å². The second kappa shape index (κ2) is 4.48. The number of rotatable bonds is 3. The highest BCUT2D eigenvalue weighted by atomic mass is 19.3. The van der Waals surface area contributed by atoms with Crippen LogP contribution in [0.2, 0.25) is 0 Å². The summed E-state index contributed by atoms with van der Waals surface area (Å²) in [7, 11) is 1.32. The van der Waals surface area contributed by atoms with E-state index in [1.54, 1.807) is 12.1 Å². The Morgan fingerprint density at radius 1 is 1.38 bits per heavy atom. The van der Waals surface area contributed by atoms with Gasteiger partial charge < -0.3 is 4.74 Å².